The molecule has 0 saturated carbocycles. The van der Waals surface area contributed by atoms with E-state index in [4.69, 9.17) is 9.47 Å². The van der Waals surface area contributed by atoms with E-state index in [1.54, 1.807) is 0 Å². The van der Waals surface area contributed by atoms with Crippen molar-refractivity contribution in [1.82, 2.24) is 5.32 Å². The van der Waals surface area contributed by atoms with Gasteiger partial charge in [0.05, 0.1) is 30.2 Å². The molecule has 1 unspecified atom stereocenters. The third-order valence-electron chi connectivity index (χ3n) is 5.34. The fourth-order valence-electron chi connectivity index (χ4n) is 3.33. The lowest BCUT2D eigenvalue weighted by Gasteiger charge is -2.44. The van der Waals surface area contributed by atoms with Crippen molar-refractivity contribution >= 4 is 17.8 Å². The second-order valence-corrected chi connectivity index (χ2v) is 9.93. The summed E-state index contributed by atoms with van der Waals surface area (Å²) in [5.74, 6) is -1.79. The minimum Gasteiger partial charge on any atom is -0.497 e. The van der Waals surface area contributed by atoms with Crippen LogP contribution in [-0.4, -0.2) is 43.2 Å². The fraction of sp³-hybridized carbons (Fsp3) is 0.609. The smallest absolute Gasteiger partial charge is 0.339 e. The van der Waals surface area contributed by atoms with E-state index < -0.39 is 17.4 Å². The summed E-state index contributed by atoms with van der Waals surface area (Å²) in [7, 11) is 1.41. The number of methoxy groups -OCH3 is 1. The number of carbonyl (C=O) groups is 3. The molecular weight excluding hydrogens is 386 g/mol. The van der Waals surface area contributed by atoms with Crippen LogP contribution in [0.15, 0.2) is 18.2 Å². The lowest BCUT2D eigenvalue weighted by molar-refractivity contribution is -0.139. The van der Waals surface area contributed by atoms with Gasteiger partial charge in [0.1, 0.15) is 12.4 Å². The zero-order chi connectivity index (χ0) is 23.3. The molecule has 7 nitrogen and oxygen atoms in total. The SMILES string of the molecule is COc1ccc(C(=O)OCCNC(=O)C(C)(CC(C)(C)C)C(C)(C)C)c(C(=O)O)c1. The second-order valence-electron chi connectivity index (χ2n) is 9.93. The van der Waals surface area contributed by atoms with Crippen LogP contribution in [0.25, 0.3) is 0 Å². The number of carboxylic acids is 1. The Bertz CT molecular complexity index is 788. The maximum Gasteiger partial charge on any atom is 0.339 e. The van der Waals surface area contributed by atoms with E-state index in [0.717, 1.165) is 0 Å². The third-order valence-corrected chi connectivity index (χ3v) is 5.34. The molecule has 30 heavy (non-hydrogen) atoms. The van der Waals surface area contributed by atoms with Crippen LogP contribution >= 0.6 is 0 Å². The Morgan fingerprint density at radius 2 is 1.60 bits per heavy atom. The molecule has 1 atom stereocenters. The first kappa shape index (κ1) is 25.5. The second kappa shape index (κ2) is 9.49. The molecule has 0 radical (unpaired) electrons. The van der Waals surface area contributed by atoms with Crippen LogP contribution in [0.3, 0.4) is 0 Å². The average Bonchev–Trinajstić information content (AvgIpc) is 2.61. The van der Waals surface area contributed by atoms with Gasteiger partial charge in [0.2, 0.25) is 5.91 Å². The highest BCUT2D eigenvalue weighted by Crippen LogP contribution is 2.46. The van der Waals surface area contributed by atoms with Crippen LogP contribution in [0.2, 0.25) is 0 Å². The molecule has 0 aliphatic carbocycles. The molecule has 2 N–H and O–H groups in total. The molecule has 168 valence electrons. The van der Waals surface area contributed by atoms with E-state index >= 15 is 0 Å². The molecule has 0 aliphatic rings. The number of hydrogen-bond donors (Lipinski definition) is 2. The number of esters is 1. The van der Waals surface area contributed by atoms with Gasteiger partial charge >= 0.3 is 11.9 Å². The number of carboxylic acid groups (broad SMARTS) is 1. The highest BCUT2D eigenvalue weighted by molar-refractivity contribution is 6.02. The van der Waals surface area contributed by atoms with Gasteiger partial charge in [-0.2, -0.15) is 0 Å². The summed E-state index contributed by atoms with van der Waals surface area (Å²) in [4.78, 5) is 36.7. The number of benzene rings is 1. The Morgan fingerprint density at radius 1 is 1.00 bits per heavy atom. The van der Waals surface area contributed by atoms with Crippen LogP contribution in [0, 0.1) is 16.2 Å². The van der Waals surface area contributed by atoms with E-state index in [1.165, 1.54) is 25.3 Å². The third kappa shape index (κ3) is 6.47. The summed E-state index contributed by atoms with van der Waals surface area (Å²) in [5, 5.41) is 12.2. The van der Waals surface area contributed by atoms with Gasteiger partial charge in [-0.05, 0) is 35.4 Å². The van der Waals surface area contributed by atoms with E-state index in [9.17, 15) is 19.5 Å². The standard InChI is InChI=1S/C23H35NO6/c1-21(2,3)14-23(7,22(4,5)6)20(28)24-11-12-30-19(27)16-10-9-15(29-8)13-17(16)18(25)26/h9-10,13H,11-12,14H2,1-8H3,(H,24,28)(H,25,26). The number of hydrogen-bond acceptors (Lipinski definition) is 5. The quantitative estimate of drug-likeness (QED) is 0.483. The van der Waals surface area contributed by atoms with Gasteiger partial charge in [0, 0.05) is 0 Å². The van der Waals surface area contributed by atoms with E-state index in [2.05, 4.69) is 26.1 Å². The largest absolute Gasteiger partial charge is 0.497 e. The maximum atomic E-state index is 13.0. The average molecular weight is 422 g/mol. The predicted octanol–water partition coefficient (Wildman–Crippen LogP) is 4.16. The number of amides is 1. The number of carbonyl (C=O) groups excluding carboxylic acids is 2. The molecule has 0 saturated heterocycles. The first-order valence-corrected chi connectivity index (χ1v) is 9.99. The Hall–Kier alpha value is -2.57. The highest BCUT2D eigenvalue weighted by atomic mass is 16.5. The van der Waals surface area contributed by atoms with Crippen molar-refractivity contribution in [3.05, 3.63) is 29.3 Å². The number of aromatic carboxylic acids is 1. The first-order chi connectivity index (χ1) is 13.6. The molecule has 0 bridgehead atoms. The first-order valence-electron chi connectivity index (χ1n) is 9.99. The molecule has 1 aromatic carbocycles. The summed E-state index contributed by atoms with van der Waals surface area (Å²) in [6.07, 6.45) is 0.697. The number of nitrogens with one attached hydrogen (secondary N) is 1. The lowest BCUT2D eigenvalue weighted by atomic mass is 9.61. The zero-order valence-electron chi connectivity index (χ0n) is 19.3. The Morgan fingerprint density at radius 3 is 2.07 bits per heavy atom. The van der Waals surface area contributed by atoms with Crippen molar-refractivity contribution in [2.45, 2.75) is 54.9 Å². The Kier molecular flexibility index (Phi) is 8.06. The van der Waals surface area contributed by atoms with E-state index in [1.807, 2.05) is 27.7 Å². The zero-order valence-corrected chi connectivity index (χ0v) is 19.3. The van der Waals surface area contributed by atoms with Gasteiger partial charge in [0.25, 0.3) is 0 Å². The number of ether oxygens (including phenoxy) is 2. The van der Waals surface area contributed by atoms with Crippen LogP contribution in [-0.2, 0) is 9.53 Å². The minimum atomic E-state index is -1.25. The Balaban J connectivity index is 2.77. The van der Waals surface area contributed by atoms with Crippen molar-refractivity contribution in [1.29, 1.82) is 0 Å². The molecule has 1 rings (SSSR count). The van der Waals surface area contributed by atoms with Crippen molar-refractivity contribution in [3.8, 4) is 5.75 Å². The summed E-state index contributed by atoms with van der Waals surface area (Å²) in [6, 6.07) is 4.11. The lowest BCUT2D eigenvalue weighted by Crippen LogP contribution is -2.49. The van der Waals surface area contributed by atoms with E-state index in [-0.39, 0.29) is 41.0 Å². The summed E-state index contributed by atoms with van der Waals surface area (Å²) < 4.78 is 10.2. The monoisotopic (exact) mass is 421 g/mol. The molecule has 0 aromatic heterocycles. The summed E-state index contributed by atoms with van der Waals surface area (Å²) in [6.45, 7) is 14.4. The van der Waals surface area contributed by atoms with Gasteiger partial charge < -0.3 is 19.9 Å². The fourth-order valence-corrected chi connectivity index (χ4v) is 3.33. The Labute approximate surface area is 179 Å². The topological polar surface area (TPSA) is 102 Å². The van der Waals surface area contributed by atoms with Crippen molar-refractivity contribution in [2.24, 2.45) is 16.2 Å². The van der Waals surface area contributed by atoms with E-state index in [0.29, 0.717) is 12.2 Å². The van der Waals surface area contributed by atoms with Gasteiger partial charge in [-0.15, -0.1) is 0 Å². The van der Waals surface area contributed by atoms with Crippen molar-refractivity contribution in [3.63, 3.8) is 0 Å². The molecular formula is C23H35NO6. The van der Waals surface area contributed by atoms with Gasteiger partial charge in [-0.1, -0.05) is 48.5 Å². The number of rotatable bonds is 8. The van der Waals surface area contributed by atoms with Gasteiger partial charge in [0.15, 0.2) is 0 Å². The summed E-state index contributed by atoms with van der Waals surface area (Å²) >= 11 is 0. The van der Waals surface area contributed by atoms with Gasteiger partial charge in [-0.25, -0.2) is 9.59 Å². The normalized spacial score (nSPS) is 13.9. The maximum absolute atomic E-state index is 13.0. The molecule has 0 aliphatic heterocycles. The van der Waals surface area contributed by atoms with Crippen molar-refractivity contribution in [2.75, 3.05) is 20.3 Å². The molecule has 1 amide bonds. The molecule has 0 spiro atoms. The van der Waals surface area contributed by atoms with Crippen molar-refractivity contribution < 1.29 is 29.0 Å². The summed E-state index contributed by atoms with van der Waals surface area (Å²) in [5.41, 5.74) is -1.17. The molecule has 1 aromatic rings. The van der Waals surface area contributed by atoms with Gasteiger partial charge in [-0.3, -0.25) is 4.79 Å². The van der Waals surface area contributed by atoms with Crippen LogP contribution in [0.5, 0.6) is 5.75 Å². The minimum absolute atomic E-state index is 0.0343. The predicted molar refractivity (Wildman–Crippen MR) is 115 cm³/mol. The molecule has 7 heteroatoms. The van der Waals surface area contributed by atoms with Crippen LogP contribution < -0.4 is 10.1 Å². The highest BCUT2D eigenvalue weighted by Gasteiger charge is 2.46. The molecule has 0 fully saturated rings. The van der Waals surface area contributed by atoms with Crippen LogP contribution in [0.1, 0.15) is 75.6 Å². The molecule has 0 heterocycles. The van der Waals surface area contributed by atoms with Crippen LogP contribution in [0.4, 0.5) is 0 Å².